The Kier molecular flexibility index (Phi) is 6.29. The van der Waals surface area contributed by atoms with Crippen LogP contribution in [0.5, 0.6) is 0 Å². The van der Waals surface area contributed by atoms with Crippen LogP contribution in [0.15, 0.2) is 0 Å². The maximum Gasteiger partial charge on any atom is 0.239 e. The molecule has 0 heterocycles. The van der Waals surface area contributed by atoms with Crippen LogP contribution in [0.2, 0.25) is 0 Å². The fraction of sp³-hybridized carbons (Fsp3) is 0.846. The lowest BCUT2D eigenvalue weighted by Gasteiger charge is -2.29. The smallest absolute Gasteiger partial charge is 0.239 e. The molecule has 0 aromatic carbocycles. The predicted octanol–water partition coefficient (Wildman–Crippen LogP) is 0.814. The summed E-state index contributed by atoms with van der Waals surface area (Å²) in [6, 6.07) is 0. The van der Waals surface area contributed by atoms with Gasteiger partial charge in [-0.1, -0.05) is 20.8 Å². The van der Waals surface area contributed by atoms with Crippen molar-refractivity contribution < 1.29 is 9.59 Å². The molecule has 1 aliphatic carbocycles. The molecule has 1 aliphatic rings. The Morgan fingerprint density at radius 3 is 2.11 bits per heavy atom. The second kappa shape index (κ2) is 6.57. The number of nitrogens with two attached hydrogens (primary N) is 1. The molecule has 0 saturated heterocycles. The van der Waals surface area contributed by atoms with Crippen molar-refractivity contribution in [2.45, 2.75) is 46.1 Å². The molecule has 1 saturated carbocycles. The zero-order valence-electron chi connectivity index (χ0n) is 12.2. The summed E-state index contributed by atoms with van der Waals surface area (Å²) in [6.07, 6.45) is 2.23. The van der Waals surface area contributed by atoms with Gasteiger partial charge >= 0.3 is 0 Å². The lowest BCUT2D eigenvalue weighted by atomic mass is 9.95. The molecule has 1 fully saturated rings. The summed E-state index contributed by atoms with van der Waals surface area (Å²) in [5.74, 6) is 0.177. The first-order chi connectivity index (χ1) is 8.19. The SMILES string of the molecule is CC(C)(C)C(=O)NCC(=O)NC(C)(CN)C1CC1.Cl. The van der Waals surface area contributed by atoms with Gasteiger partial charge in [-0.2, -0.15) is 0 Å². The first-order valence-corrected chi connectivity index (χ1v) is 6.48. The first kappa shape index (κ1) is 18.2. The maximum atomic E-state index is 11.8. The number of halogens is 1. The molecule has 2 amide bonds. The molecule has 0 aliphatic heterocycles. The van der Waals surface area contributed by atoms with Gasteiger partial charge in [0.15, 0.2) is 0 Å². The molecule has 0 aromatic rings. The molecular weight excluding hydrogens is 266 g/mol. The van der Waals surface area contributed by atoms with Crippen molar-refractivity contribution in [2.75, 3.05) is 13.1 Å². The summed E-state index contributed by atoms with van der Waals surface area (Å²) in [5, 5.41) is 5.57. The summed E-state index contributed by atoms with van der Waals surface area (Å²) < 4.78 is 0. The monoisotopic (exact) mass is 291 g/mol. The number of amides is 2. The highest BCUT2D eigenvalue weighted by molar-refractivity contribution is 5.87. The van der Waals surface area contributed by atoms with Crippen LogP contribution in [-0.2, 0) is 9.59 Å². The van der Waals surface area contributed by atoms with Crippen LogP contribution in [0.3, 0.4) is 0 Å². The van der Waals surface area contributed by atoms with Gasteiger partial charge in [0.1, 0.15) is 0 Å². The molecule has 112 valence electrons. The molecule has 1 unspecified atom stereocenters. The van der Waals surface area contributed by atoms with Crippen LogP contribution in [0.1, 0.15) is 40.5 Å². The lowest BCUT2D eigenvalue weighted by molar-refractivity contribution is -0.131. The van der Waals surface area contributed by atoms with Gasteiger partial charge in [0.2, 0.25) is 11.8 Å². The Morgan fingerprint density at radius 1 is 1.21 bits per heavy atom. The molecule has 1 atom stereocenters. The Morgan fingerprint density at radius 2 is 1.74 bits per heavy atom. The van der Waals surface area contributed by atoms with Crippen LogP contribution in [0.4, 0.5) is 0 Å². The van der Waals surface area contributed by atoms with Crippen LogP contribution in [-0.4, -0.2) is 30.4 Å². The third-order valence-corrected chi connectivity index (χ3v) is 3.42. The van der Waals surface area contributed by atoms with Gasteiger partial charge in [0.25, 0.3) is 0 Å². The second-order valence-electron chi connectivity index (χ2n) is 6.38. The molecule has 4 N–H and O–H groups in total. The van der Waals surface area contributed by atoms with Crippen molar-refractivity contribution in [1.29, 1.82) is 0 Å². The molecule has 0 bridgehead atoms. The zero-order chi connectivity index (χ0) is 14.0. The largest absolute Gasteiger partial charge is 0.348 e. The van der Waals surface area contributed by atoms with Gasteiger partial charge in [-0.15, -0.1) is 12.4 Å². The average molecular weight is 292 g/mol. The molecular formula is C13H26ClN3O2. The van der Waals surface area contributed by atoms with Crippen molar-refractivity contribution in [3.8, 4) is 0 Å². The Labute approximate surface area is 121 Å². The third-order valence-electron chi connectivity index (χ3n) is 3.42. The maximum absolute atomic E-state index is 11.8. The summed E-state index contributed by atoms with van der Waals surface area (Å²) in [5.41, 5.74) is 4.91. The van der Waals surface area contributed by atoms with Gasteiger partial charge in [-0.05, 0) is 25.7 Å². The summed E-state index contributed by atoms with van der Waals surface area (Å²) in [7, 11) is 0. The number of hydrogen-bond donors (Lipinski definition) is 3. The van der Waals surface area contributed by atoms with Crippen LogP contribution in [0, 0.1) is 11.3 Å². The normalized spacial score (nSPS) is 17.9. The molecule has 0 radical (unpaired) electrons. The number of carbonyl (C=O) groups is 2. The average Bonchev–Trinajstić information content (AvgIpc) is 3.08. The summed E-state index contributed by atoms with van der Waals surface area (Å²) >= 11 is 0. The van der Waals surface area contributed by atoms with Gasteiger partial charge in [0.05, 0.1) is 12.1 Å². The minimum absolute atomic E-state index is 0. The number of hydrogen-bond acceptors (Lipinski definition) is 3. The van der Waals surface area contributed by atoms with Crippen molar-refractivity contribution in [3.63, 3.8) is 0 Å². The van der Waals surface area contributed by atoms with Crippen molar-refractivity contribution in [3.05, 3.63) is 0 Å². The van der Waals surface area contributed by atoms with E-state index in [0.29, 0.717) is 12.5 Å². The van der Waals surface area contributed by atoms with Crippen LogP contribution in [0.25, 0.3) is 0 Å². The molecule has 5 nitrogen and oxygen atoms in total. The zero-order valence-corrected chi connectivity index (χ0v) is 13.0. The lowest BCUT2D eigenvalue weighted by Crippen LogP contribution is -2.55. The van der Waals surface area contributed by atoms with E-state index in [0.717, 1.165) is 12.8 Å². The van der Waals surface area contributed by atoms with E-state index >= 15 is 0 Å². The van der Waals surface area contributed by atoms with E-state index in [4.69, 9.17) is 5.73 Å². The Balaban J connectivity index is 0.00000324. The van der Waals surface area contributed by atoms with Gasteiger partial charge < -0.3 is 16.4 Å². The molecule has 0 spiro atoms. The van der Waals surface area contributed by atoms with Crippen LogP contribution >= 0.6 is 12.4 Å². The fourth-order valence-electron chi connectivity index (χ4n) is 1.83. The van der Waals surface area contributed by atoms with E-state index in [-0.39, 0.29) is 36.3 Å². The van der Waals surface area contributed by atoms with E-state index in [1.165, 1.54) is 0 Å². The fourth-order valence-corrected chi connectivity index (χ4v) is 1.83. The van der Waals surface area contributed by atoms with Gasteiger partial charge in [-0.3, -0.25) is 9.59 Å². The Hall–Kier alpha value is -0.810. The quantitative estimate of drug-likeness (QED) is 0.701. The predicted molar refractivity (Wildman–Crippen MR) is 78.0 cm³/mol. The topological polar surface area (TPSA) is 84.2 Å². The van der Waals surface area contributed by atoms with Crippen molar-refractivity contribution in [1.82, 2.24) is 10.6 Å². The first-order valence-electron chi connectivity index (χ1n) is 6.48. The Bertz CT molecular complexity index is 337. The van der Waals surface area contributed by atoms with E-state index < -0.39 is 5.41 Å². The number of carbonyl (C=O) groups excluding carboxylic acids is 2. The number of nitrogens with one attached hydrogen (secondary N) is 2. The number of rotatable bonds is 5. The van der Waals surface area contributed by atoms with E-state index in [1.54, 1.807) is 0 Å². The van der Waals surface area contributed by atoms with Gasteiger partial charge in [-0.25, -0.2) is 0 Å². The molecule has 0 aromatic heterocycles. The minimum Gasteiger partial charge on any atom is -0.348 e. The highest BCUT2D eigenvalue weighted by Gasteiger charge is 2.41. The van der Waals surface area contributed by atoms with Crippen LogP contribution < -0.4 is 16.4 Å². The highest BCUT2D eigenvalue weighted by atomic mass is 35.5. The van der Waals surface area contributed by atoms with E-state index in [2.05, 4.69) is 10.6 Å². The third kappa shape index (κ3) is 5.37. The highest BCUT2D eigenvalue weighted by Crippen LogP contribution is 2.38. The second-order valence-corrected chi connectivity index (χ2v) is 6.38. The van der Waals surface area contributed by atoms with E-state index in [9.17, 15) is 9.59 Å². The van der Waals surface area contributed by atoms with Crippen molar-refractivity contribution in [2.24, 2.45) is 17.1 Å². The molecule has 19 heavy (non-hydrogen) atoms. The summed E-state index contributed by atoms with van der Waals surface area (Å²) in [6.45, 7) is 7.85. The molecule has 1 rings (SSSR count). The van der Waals surface area contributed by atoms with Crippen molar-refractivity contribution >= 4 is 24.2 Å². The standard InChI is InChI=1S/C13H25N3O2.ClH/c1-12(2,3)11(18)15-7-10(17)16-13(4,8-14)9-5-6-9;/h9H,5-8,14H2,1-4H3,(H,15,18)(H,16,17);1H. The van der Waals surface area contributed by atoms with E-state index in [1.807, 2.05) is 27.7 Å². The van der Waals surface area contributed by atoms with Gasteiger partial charge in [0, 0.05) is 12.0 Å². The molecule has 6 heteroatoms. The minimum atomic E-state index is -0.478. The summed E-state index contributed by atoms with van der Waals surface area (Å²) in [4.78, 5) is 23.4.